The van der Waals surface area contributed by atoms with Crippen LogP contribution in [0.4, 0.5) is 13.2 Å². The van der Waals surface area contributed by atoms with Crippen LogP contribution < -0.4 is 0 Å². The van der Waals surface area contributed by atoms with E-state index in [4.69, 9.17) is 0 Å². The minimum absolute atomic E-state index is 0.266. The fourth-order valence-corrected chi connectivity index (χ4v) is 2.58. The number of halogens is 3. The molecule has 0 saturated heterocycles. The van der Waals surface area contributed by atoms with Gasteiger partial charge in [0.25, 0.3) is 0 Å². The molecule has 7 heteroatoms. The van der Waals surface area contributed by atoms with Crippen LogP contribution in [0.3, 0.4) is 0 Å². The first-order chi connectivity index (χ1) is 7.26. The van der Waals surface area contributed by atoms with Crippen molar-refractivity contribution in [2.24, 2.45) is 5.92 Å². The van der Waals surface area contributed by atoms with Crippen LogP contribution in [0, 0.1) is 5.92 Å². The molecule has 0 radical (unpaired) electrons. The molecule has 0 aromatic rings. The summed E-state index contributed by atoms with van der Waals surface area (Å²) >= 11 is 0. The fraction of sp³-hybridized carbons (Fsp3) is 1.00. The van der Waals surface area contributed by atoms with Gasteiger partial charge in [-0.3, -0.25) is 4.18 Å². The van der Waals surface area contributed by atoms with Crippen LogP contribution in [0.15, 0.2) is 0 Å². The fourth-order valence-electron chi connectivity index (χ4n) is 1.93. The van der Waals surface area contributed by atoms with Gasteiger partial charge in [-0.1, -0.05) is 26.2 Å². The van der Waals surface area contributed by atoms with Crippen molar-refractivity contribution in [1.82, 2.24) is 0 Å². The minimum atomic E-state index is -5.43. The van der Waals surface area contributed by atoms with E-state index in [1.165, 1.54) is 0 Å². The first-order valence-corrected chi connectivity index (χ1v) is 6.66. The van der Waals surface area contributed by atoms with Gasteiger partial charge in [-0.15, -0.1) is 0 Å². The van der Waals surface area contributed by atoms with Crippen molar-refractivity contribution in [3.8, 4) is 0 Å². The van der Waals surface area contributed by atoms with Crippen LogP contribution >= 0.6 is 0 Å². The average Bonchev–Trinajstić information content (AvgIpc) is 2.15. The highest BCUT2D eigenvalue weighted by molar-refractivity contribution is 7.87. The maximum atomic E-state index is 12.1. The summed E-state index contributed by atoms with van der Waals surface area (Å²) in [5.74, 6) is 0.266. The maximum absolute atomic E-state index is 12.1. The molecule has 1 fully saturated rings. The zero-order valence-corrected chi connectivity index (χ0v) is 9.77. The molecule has 0 amide bonds. The van der Waals surface area contributed by atoms with Crippen molar-refractivity contribution in [3.63, 3.8) is 0 Å². The lowest BCUT2D eigenvalue weighted by atomic mass is 9.86. The molecule has 1 aliphatic rings. The third kappa shape index (κ3) is 3.35. The van der Waals surface area contributed by atoms with E-state index in [0.717, 1.165) is 19.3 Å². The van der Waals surface area contributed by atoms with Gasteiger partial charge in [0.05, 0.1) is 6.10 Å². The Kier molecular flexibility index (Phi) is 4.23. The topological polar surface area (TPSA) is 43.4 Å². The van der Waals surface area contributed by atoms with E-state index in [9.17, 15) is 21.6 Å². The quantitative estimate of drug-likeness (QED) is 0.579. The van der Waals surface area contributed by atoms with Crippen LogP contribution in [0.1, 0.15) is 39.0 Å². The Labute approximate surface area is 93.1 Å². The van der Waals surface area contributed by atoms with E-state index >= 15 is 0 Å². The highest BCUT2D eigenvalue weighted by atomic mass is 32.2. The normalized spacial score (nSPS) is 28.0. The summed E-state index contributed by atoms with van der Waals surface area (Å²) in [5.41, 5.74) is -5.31. The summed E-state index contributed by atoms with van der Waals surface area (Å²) in [6, 6.07) is 0. The molecule has 1 saturated carbocycles. The van der Waals surface area contributed by atoms with E-state index in [-0.39, 0.29) is 5.92 Å². The van der Waals surface area contributed by atoms with Crippen molar-refractivity contribution >= 4 is 10.1 Å². The molecule has 0 aromatic carbocycles. The van der Waals surface area contributed by atoms with Gasteiger partial charge in [0.1, 0.15) is 0 Å². The molecule has 2 atom stereocenters. The molecule has 0 aliphatic heterocycles. The summed E-state index contributed by atoms with van der Waals surface area (Å²) in [7, 11) is -5.43. The summed E-state index contributed by atoms with van der Waals surface area (Å²) in [5, 5.41) is 0. The molecule has 0 heterocycles. The van der Waals surface area contributed by atoms with Crippen molar-refractivity contribution in [3.05, 3.63) is 0 Å². The molecule has 1 rings (SSSR count). The molecular formula is C9H15F3O3S. The summed E-state index contributed by atoms with van der Waals surface area (Å²) in [4.78, 5) is 0. The molecule has 16 heavy (non-hydrogen) atoms. The standard InChI is InChI=1S/C9H15F3O3S/c1-2-7-4-3-5-8(6-7)15-16(13,14)9(10,11)12/h7-8H,2-6H2,1H3. The summed E-state index contributed by atoms with van der Waals surface area (Å²) < 4.78 is 61.9. The molecule has 3 nitrogen and oxygen atoms in total. The molecule has 0 aromatic heterocycles. The molecule has 1 aliphatic carbocycles. The summed E-state index contributed by atoms with van der Waals surface area (Å²) in [6.45, 7) is 1.94. The smallest absolute Gasteiger partial charge is 0.260 e. The van der Waals surface area contributed by atoms with Crippen LogP contribution in [0.2, 0.25) is 0 Å². The molecule has 0 bridgehead atoms. The zero-order chi connectivity index (χ0) is 12.4. The molecule has 96 valence electrons. The third-order valence-electron chi connectivity index (χ3n) is 2.86. The largest absolute Gasteiger partial charge is 0.523 e. The minimum Gasteiger partial charge on any atom is -0.260 e. The number of hydrogen-bond acceptors (Lipinski definition) is 3. The van der Waals surface area contributed by atoms with Gasteiger partial charge < -0.3 is 0 Å². The lowest BCUT2D eigenvalue weighted by Gasteiger charge is -2.27. The Morgan fingerprint density at radius 1 is 1.31 bits per heavy atom. The van der Waals surface area contributed by atoms with E-state index in [0.29, 0.717) is 12.8 Å². The lowest BCUT2D eigenvalue weighted by Crippen LogP contribution is -2.32. The van der Waals surface area contributed by atoms with Gasteiger partial charge in [0.2, 0.25) is 0 Å². The Hall–Kier alpha value is -0.300. The van der Waals surface area contributed by atoms with Gasteiger partial charge >= 0.3 is 15.6 Å². The second kappa shape index (κ2) is 4.91. The highest BCUT2D eigenvalue weighted by Gasteiger charge is 2.48. The van der Waals surface area contributed by atoms with Crippen molar-refractivity contribution in [2.45, 2.75) is 50.6 Å². The van der Waals surface area contributed by atoms with Gasteiger partial charge in [-0.05, 0) is 18.8 Å². The zero-order valence-electron chi connectivity index (χ0n) is 8.96. The van der Waals surface area contributed by atoms with Crippen LogP contribution in [0.5, 0.6) is 0 Å². The average molecular weight is 260 g/mol. The predicted molar refractivity (Wildman–Crippen MR) is 52.1 cm³/mol. The van der Waals surface area contributed by atoms with Crippen LogP contribution in [0.25, 0.3) is 0 Å². The monoisotopic (exact) mass is 260 g/mol. The van der Waals surface area contributed by atoms with Crippen LogP contribution in [-0.4, -0.2) is 20.0 Å². The van der Waals surface area contributed by atoms with Crippen molar-refractivity contribution < 1.29 is 25.8 Å². The molecule has 0 spiro atoms. The number of rotatable bonds is 3. The predicted octanol–water partition coefficient (Wildman–Crippen LogP) is 2.82. The van der Waals surface area contributed by atoms with Gasteiger partial charge in [-0.25, -0.2) is 0 Å². The SMILES string of the molecule is CCC1CCCC(OS(=O)(=O)C(F)(F)F)C1. The van der Waals surface area contributed by atoms with E-state index in [1.807, 2.05) is 6.92 Å². The number of alkyl halides is 3. The van der Waals surface area contributed by atoms with Crippen molar-refractivity contribution in [2.75, 3.05) is 0 Å². The van der Waals surface area contributed by atoms with Crippen molar-refractivity contribution in [1.29, 1.82) is 0 Å². The molecular weight excluding hydrogens is 245 g/mol. The lowest BCUT2D eigenvalue weighted by molar-refractivity contribution is -0.0593. The van der Waals surface area contributed by atoms with Gasteiger partial charge in [0, 0.05) is 0 Å². The van der Waals surface area contributed by atoms with Gasteiger partial charge in [-0.2, -0.15) is 21.6 Å². The third-order valence-corrected chi connectivity index (χ3v) is 3.95. The molecule has 2 unspecified atom stereocenters. The van der Waals surface area contributed by atoms with Gasteiger partial charge in [0.15, 0.2) is 0 Å². The molecule has 0 N–H and O–H groups in total. The number of hydrogen-bond donors (Lipinski definition) is 0. The Balaban J connectivity index is 2.61. The first kappa shape index (κ1) is 13.8. The van der Waals surface area contributed by atoms with Crippen LogP contribution in [-0.2, 0) is 14.3 Å². The first-order valence-electron chi connectivity index (χ1n) is 5.26. The highest BCUT2D eigenvalue weighted by Crippen LogP contribution is 2.33. The van der Waals surface area contributed by atoms with E-state index in [2.05, 4.69) is 4.18 Å². The Morgan fingerprint density at radius 2 is 1.94 bits per heavy atom. The van der Waals surface area contributed by atoms with E-state index in [1.54, 1.807) is 0 Å². The second-order valence-electron chi connectivity index (χ2n) is 4.06. The Bertz CT molecular complexity index is 323. The summed E-state index contributed by atoms with van der Waals surface area (Å²) in [6.07, 6.45) is 2.45. The second-order valence-corrected chi connectivity index (χ2v) is 5.62. The Morgan fingerprint density at radius 3 is 2.44 bits per heavy atom. The maximum Gasteiger partial charge on any atom is 0.523 e. The van der Waals surface area contributed by atoms with E-state index < -0.39 is 21.7 Å².